The first kappa shape index (κ1) is 9.26. The summed E-state index contributed by atoms with van der Waals surface area (Å²) >= 11 is 0. The second kappa shape index (κ2) is 4.28. The molecule has 0 unspecified atom stereocenters. The molecular formula is C10H8N2O3. The molecule has 0 saturated heterocycles. The molecule has 0 aliphatic carbocycles. The Labute approximate surface area is 85.4 Å². The maximum atomic E-state index is 11.3. The van der Waals surface area contributed by atoms with Crippen LogP contribution in [-0.4, -0.2) is 12.1 Å². The Kier molecular flexibility index (Phi) is 2.64. The molecule has 76 valence electrons. The maximum Gasteiger partial charge on any atom is 0.307 e. The van der Waals surface area contributed by atoms with Crippen molar-refractivity contribution >= 4 is 12.1 Å². The third kappa shape index (κ3) is 2.34. The van der Waals surface area contributed by atoms with Gasteiger partial charge in [0.25, 0.3) is 0 Å². The lowest BCUT2D eigenvalue weighted by atomic mass is 10.4. The number of amides is 1. The van der Waals surface area contributed by atoms with Crippen LogP contribution in [0, 0.1) is 0 Å². The second-order valence-corrected chi connectivity index (χ2v) is 2.69. The second-order valence-electron chi connectivity index (χ2n) is 2.69. The van der Waals surface area contributed by atoms with Gasteiger partial charge in [0.15, 0.2) is 5.76 Å². The molecule has 2 heterocycles. The fourth-order valence-electron chi connectivity index (χ4n) is 0.982. The first-order valence-electron chi connectivity index (χ1n) is 4.26. The Morgan fingerprint density at radius 2 is 2.07 bits per heavy atom. The Morgan fingerprint density at radius 3 is 2.73 bits per heavy atom. The van der Waals surface area contributed by atoms with Crippen molar-refractivity contribution in [3.05, 3.63) is 48.3 Å². The van der Waals surface area contributed by atoms with Crippen LogP contribution in [0.25, 0.3) is 0 Å². The summed E-state index contributed by atoms with van der Waals surface area (Å²) in [7, 11) is 0. The SMILES string of the molecule is O=C(N/N=C/c1ccco1)c1ccco1. The van der Waals surface area contributed by atoms with Crippen molar-refractivity contribution in [1.29, 1.82) is 0 Å². The molecule has 1 amide bonds. The van der Waals surface area contributed by atoms with E-state index >= 15 is 0 Å². The van der Waals surface area contributed by atoms with Crippen LogP contribution in [0.2, 0.25) is 0 Å². The molecule has 0 spiro atoms. The summed E-state index contributed by atoms with van der Waals surface area (Å²) < 4.78 is 9.86. The first-order valence-corrected chi connectivity index (χ1v) is 4.26. The number of nitrogens with zero attached hydrogens (tertiary/aromatic N) is 1. The number of carbonyl (C=O) groups excluding carboxylic acids is 1. The number of furan rings is 2. The minimum atomic E-state index is -0.400. The van der Waals surface area contributed by atoms with Gasteiger partial charge in [-0.25, -0.2) is 5.43 Å². The van der Waals surface area contributed by atoms with Crippen molar-refractivity contribution < 1.29 is 13.6 Å². The molecule has 1 N–H and O–H groups in total. The van der Waals surface area contributed by atoms with E-state index in [1.807, 2.05) is 0 Å². The Morgan fingerprint density at radius 1 is 1.27 bits per heavy atom. The molecule has 5 nitrogen and oxygen atoms in total. The van der Waals surface area contributed by atoms with Crippen molar-refractivity contribution in [3.63, 3.8) is 0 Å². The largest absolute Gasteiger partial charge is 0.463 e. The molecule has 0 saturated carbocycles. The van der Waals surface area contributed by atoms with Gasteiger partial charge in [0.1, 0.15) is 5.76 Å². The van der Waals surface area contributed by atoms with E-state index in [-0.39, 0.29) is 5.76 Å². The number of rotatable bonds is 3. The lowest BCUT2D eigenvalue weighted by molar-refractivity contribution is 0.0927. The number of carbonyl (C=O) groups is 1. The molecule has 0 atom stereocenters. The van der Waals surface area contributed by atoms with Crippen LogP contribution in [0.1, 0.15) is 16.3 Å². The smallest absolute Gasteiger partial charge is 0.307 e. The summed E-state index contributed by atoms with van der Waals surface area (Å²) in [6.07, 6.45) is 4.35. The number of hydrogen-bond acceptors (Lipinski definition) is 4. The van der Waals surface area contributed by atoms with Crippen LogP contribution >= 0.6 is 0 Å². The van der Waals surface area contributed by atoms with Gasteiger partial charge in [-0.1, -0.05) is 0 Å². The van der Waals surface area contributed by atoms with Crippen LogP contribution < -0.4 is 5.43 Å². The van der Waals surface area contributed by atoms with E-state index in [1.54, 1.807) is 24.3 Å². The molecule has 0 radical (unpaired) electrons. The van der Waals surface area contributed by atoms with Crippen LogP contribution in [0.4, 0.5) is 0 Å². The van der Waals surface area contributed by atoms with E-state index in [9.17, 15) is 4.79 Å². The van der Waals surface area contributed by atoms with Crippen LogP contribution in [-0.2, 0) is 0 Å². The van der Waals surface area contributed by atoms with Gasteiger partial charge >= 0.3 is 5.91 Å². The molecule has 0 fully saturated rings. The summed E-state index contributed by atoms with van der Waals surface area (Å²) in [4.78, 5) is 11.3. The standard InChI is InChI=1S/C10H8N2O3/c13-10(9-4-2-6-15-9)12-11-7-8-3-1-5-14-8/h1-7H,(H,12,13)/b11-7+. The Hall–Kier alpha value is -2.30. The zero-order valence-electron chi connectivity index (χ0n) is 7.71. The fourth-order valence-corrected chi connectivity index (χ4v) is 0.982. The van der Waals surface area contributed by atoms with E-state index in [4.69, 9.17) is 8.83 Å². The number of nitrogens with one attached hydrogen (secondary N) is 1. The van der Waals surface area contributed by atoms with Gasteiger partial charge in [-0.3, -0.25) is 4.79 Å². The topological polar surface area (TPSA) is 67.7 Å². The first-order chi connectivity index (χ1) is 7.36. The highest BCUT2D eigenvalue weighted by Crippen LogP contribution is 1.99. The maximum absolute atomic E-state index is 11.3. The van der Waals surface area contributed by atoms with Gasteiger partial charge in [0.2, 0.25) is 0 Å². The van der Waals surface area contributed by atoms with Gasteiger partial charge in [-0.05, 0) is 24.3 Å². The molecule has 2 rings (SSSR count). The van der Waals surface area contributed by atoms with Crippen LogP contribution in [0.5, 0.6) is 0 Å². The van der Waals surface area contributed by atoms with E-state index in [0.717, 1.165) is 0 Å². The minimum Gasteiger partial charge on any atom is -0.463 e. The molecule has 2 aromatic heterocycles. The highest BCUT2D eigenvalue weighted by molar-refractivity contribution is 5.92. The Bertz CT molecular complexity index is 443. The average Bonchev–Trinajstić information content (AvgIpc) is 2.90. The third-order valence-corrected chi connectivity index (χ3v) is 1.65. The van der Waals surface area contributed by atoms with E-state index in [1.165, 1.54) is 18.7 Å². The average molecular weight is 204 g/mol. The summed E-state index contributed by atoms with van der Waals surface area (Å²) in [5.41, 5.74) is 2.30. The highest BCUT2D eigenvalue weighted by atomic mass is 16.3. The van der Waals surface area contributed by atoms with Gasteiger partial charge in [0, 0.05) is 0 Å². The lowest BCUT2D eigenvalue weighted by Crippen LogP contribution is -2.16. The summed E-state index contributed by atoms with van der Waals surface area (Å²) in [6, 6.07) is 6.64. The molecule has 0 bridgehead atoms. The van der Waals surface area contributed by atoms with E-state index in [0.29, 0.717) is 5.76 Å². The predicted molar refractivity (Wildman–Crippen MR) is 52.5 cm³/mol. The molecule has 5 heteroatoms. The molecule has 2 aromatic rings. The summed E-state index contributed by atoms with van der Waals surface area (Å²) in [6.45, 7) is 0. The molecule has 15 heavy (non-hydrogen) atoms. The normalized spacial score (nSPS) is 10.7. The Balaban J connectivity index is 1.91. The summed E-state index contributed by atoms with van der Waals surface area (Å²) in [5.74, 6) is 0.379. The lowest BCUT2D eigenvalue weighted by Gasteiger charge is -1.93. The minimum absolute atomic E-state index is 0.214. The predicted octanol–water partition coefficient (Wildman–Crippen LogP) is 1.64. The van der Waals surface area contributed by atoms with Crippen molar-refractivity contribution in [1.82, 2.24) is 5.43 Å². The van der Waals surface area contributed by atoms with E-state index in [2.05, 4.69) is 10.5 Å². The quantitative estimate of drug-likeness (QED) is 0.610. The number of hydrogen-bond donors (Lipinski definition) is 1. The number of hydrazone groups is 1. The van der Waals surface area contributed by atoms with E-state index < -0.39 is 5.91 Å². The fraction of sp³-hybridized carbons (Fsp3) is 0. The van der Waals surface area contributed by atoms with Crippen molar-refractivity contribution in [3.8, 4) is 0 Å². The van der Waals surface area contributed by atoms with Crippen molar-refractivity contribution in [2.75, 3.05) is 0 Å². The van der Waals surface area contributed by atoms with Crippen molar-refractivity contribution in [2.24, 2.45) is 5.10 Å². The van der Waals surface area contributed by atoms with Gasteiger partial charge in [-0.15, -0.1) is 0 Å². The van der Waals surface area contributed by atoms with Crippen LogP contribution in [0.15, 0.2) is 50.7 Å². The molecular weight excluding hydrogens is 196 g/mol. The third-order valence-electron chi connectivity index (χ3n) is 1.65. The van der Waals surface area contributed by atoms with Gasteiger partial charge < -0.3 is 8.83 Å². The van der Waals surface area contributed by atoms with Crippen LogP contribution in [0.3, 0.4) is 0 Å². The van der Waals surface area contributed by atoms with Gasteiger partial charge in [-0.2, -0.15) is 5.10 Å². The zero-order valence-corrected chi connectivity index (χ0v) is 7.71. The monoisotopic (exact) mass is 204 g/mol. The highest BCUT2D eigenvalue weighted by Gasteiger charge is 2.05. The molecule has 0 aliphatic rings. The zero-order chi connectivity index (χ0) is 10.5. The molecule has 0 aromatic carbocycles. The summed E-state index contributed by atoms with van der Waals surface area (Å²) in [5, 5.41) is 3.69. The van der Waals surface area contributed by atoms with Gasteiger partial charge in [0.05, 0.1) is 18.7 Å². The molecule has 0 aliphatic heterocycles. The van der Waals surface area contributed by atoms with Crippen molar-refractivity contribution in [2.45, 2.75) is 0 Å².